The van der Waals surface area contributed by atoms with E-state index >= 15 is 0 Å². The van der Waals surface area contributed by atoms with Gasteiger partial charge in [0.2, 0.25) is 0 Å². The Labute approximate surface area is 59.2 Å². The fourth-order valence-electron chi connectivity index (χ4n) is 0.212. The average molecular weight is 187 g/mol. The SMILES string of the molecule is CC(N)O[P+](=O)O[P+](=O)O. The summed E-state index contributed by atoms with van der Waals surface area (Å²) >= 11 is 0. The first-order chi connectivity index (χ1) is 4.52. The Balaban J connectivity index is 3.54. The predicted molar refractivity (Wildman–Crippen MR) is 33.3 cm³/mol. The van der Waals surface area contributed by atoms with E-state index in [0.29, 0.717) is 0 Å². The number of nitrogens with two attached hydrogens (primary N) is 1. The Kier molecular flexibility index (Phi) is 4.81. The summed E-state index contributed by atoms with van der Waals surface area (Å²) in [7, 11) is -5.45. The second kappa shape index (κ2) is 4.79. The highest BCUT2D eigenvalue weighted by molar-refractivity contribution is 7.47. The maximum absolute atomic E-state index is 10.3. The van der Waals surface area contributed by atoms with E-state index in [9.17, 15) is 9.13 Å². The molecule has 0 fully saturated rings. The second-order valence-electron chi connectivity index (χ2n) is 1.35. The van der Waals surface area contributed by atoms with Crippen LogP contribution in [0.5, 0.6) is 0 Å². The van der Waals surface area contributed by atoms with Crippen molar-refractivity contribution in [2.24, 2.45) is 5.73 Å². The summed E-state index contributed by atoms with van der Waals surface area (Å²) in [5.74, 6) is 0. The first kappa shape index (κ1) is 10.0. The fraction of sp³-hybridized carbons (Fsp3) is 1.00. The molecule has 0 aromatic heterocycles. The van der Waals surface area contributed by atoms with E-state index < -0.39 is 22.7 Å². The van der Waals surface area contributed by atoms with Crippen molar-refractivity contribution in [3.63, 3.8) is 0 Å². The van der Waals surface area contributed by atoms with E-state index in [1.807, 2.05) is 0 Å². The van der Waals surface area contributed by atoms with Crippen LogP contribution in [0.3, 0.4) is 0 Å². The van der Waals surface area contributed by atoms with Crippen LogP contribution in [0.15, 0.2) is 0 Å². The van der Waals surface area contributed by atoms with Gasteiger partial charge in [-0.15, -0.1) is 4.89 Å². The van der Waals surface area contributed by atoms with E-state index in [-0.39, 0.29) is 0 Å². The van der Waals surface area contributed by atoms with E-state index in [1.165, 1.54) is 6.92 Å². The molecule has 6 nitrogen and oxygen atoms in total. The molecule has 0 saturated carbocycles. The molecule has 3 N–H and O–H groups in total. The minimum absolute atomic E-state index is 0.779. The monoisotopic (exact) mass is 187 g/mol. The zero-order chi connectivity index (χ0) is 8.15. The molecule has 0 saturated heterocycles. The molecular weight excluding hydrogens is 180 g/mol. The minimum Gasteiger partial charge on any atom is -0.302 e. The van der Waals surface area contributed by atoms with Gasteiger partial charge in [-0.1, -0.05) is 4.52 Å². The maximum Gasteiger partial charge on any atom is 0.749 e. The molecule has 10 heavy (non-hydrogen) atoms. The van der Waals surface area contributed by atoms with Crippen LogP contribution < -0.4 is 5.73 Å². The van der Waals surface area contributed by atoms with Crippen LogP contribution >= 0.6 is 16.5 Å². The van der Waals surface area contributed by atoms with Crippen molar-refractivity contribution in [1.29, 1.82) is 0 Å². The van der Waals surface area contributed by atoms with Gasteiger partial charge in [-0.2, -0.15) is 0 Å². The van der Waals surface area contributed by atoms with Crippen molar-refractivity contribution in [2.75, 3.05) is 0 Å². The zero-order valence-corrected chi connectivity index (χ0v) is 6.92. The van der Waals surface area contributed by atoms with Gasteiger partial charge >= 0.3 is 16.5 Å². The van der Waals surface area contributed by atoms with Crippen molar-refractivity contribution < 1.29 is 22.9 Å². The molecule has 0 rings (SSSR count). The van der Waals surface area contributed by atoms with Gasteiger partial charge in [0.15, 0.2) is 10.5 Å². The van der Waals surface area contributed by atoms with Crippen LogP contribution in [0.25, 0.3) is 0 Å². The lowest BCUT2D eigenvalue weighted by Gasteiger charge is -1.87. The lowest BCUT2D eigenvalue weighted by molar-refractivity contribution is 0.214. The van der Waals surface area contributed by atoms with Crippen LogP contribution in [0, 0.1) is 0 Å². The van der Waals surface area contributed by atoms with Crippen LogP contribution in [-0.4, -0.2) is 11.1 Å². The lowest BCUT2D eigenvalue weighted by Crippen LogP contribution is -2.15. The Hall–Kier alpha value is 0.0400. The van der Waals surface area contributed by atoms with Gasteiger partial charge in [-0.05, 0) is 6.92 Å². The van der Waals surface area contributed by atoms with Crippen molar-refractivity contribution in [1.82, 2.24) is 0 Å². The Morgan fingerprint density at radius 3 is 2.40 bits per heavy atom. The molecule has 0 heterocycles. The van der Waals surface area contributed by atoms with Crippen molar-refractivity contribution >= 4 is 16.5 Å². The third-order valence-corrected chi connectivity index (χ3v) is 1.99. The topological polar surface area (TPSA) is 98.9 Å². The molecule has 0 aliphatic rings. The largest absolute Gasteiger partial charge is 0.749 e. The molecule has 0 amide bonds. The highest BCUT2D eigenvalue weighted by atomic mass is 31.2. The first-order valence-electron chi connectivity index (χ1n) is 2.26. The maximum atomic E-state index is 10.3. The summed E-state index contributed by atoms with van der Waals surface area (Å²) < 4.78 is 28.3. The number of hydrogen-bond donors (Lipinski definition) is 2. The Morgan fingerprint density at radius 2 is 2.10 bits per heavy atom. The molecule has 0 bridgehead atoms. The number of rotatable bonds is 4. The lowest BCUT2D eigenvalue weighted by atomic mass is 10.7. The highest BCUT2D eigenvalue weighted by Gasteiger charge is 2.37. The van der Waals surface area contributed by atoms with E-state index in [2.05, 4.69) is 8.83 Å². The third-order valence-electron chi connectivity index (χ3n) is 0.389. The fourth-order valence-corrected chi connectivity index (χ4v) is 1.09. The standard InChI is InChI=1S/C2H6NO5P2/c1-2(3)7-10(6)8-9(4)5/h2H,3H2,1H3/q+1/p+1. The van der Waals surface area contributed by atoms with Crippen molar-refractivity contribution in [3.8, 4) is 0 Å². The summed E-state index contributed by atoms with van der Waals surface area (Å²) in [6.07, 6.45) is -0.779. The average Bonchev–Trinajstić information content (AvgIpc) is 1.58. The van der Waals surface area contributed by atoms with Gasteiger partial charge < -0.3 is 5.73 Å². The molecule has 0 aliphatic carbocycles. The third kappa shape index (κ3) is 6.16. The summed E-state index contributed by atoms with van der Waals surface area (Å²) in [5.41, 5.74) is 5.01. The Morgan fingerprint density at radius 1 is 1.60 bits per heavy atom. The van der Waals surface area contributed by atoms with Crippen LogP contribution in [0.4, 0.5) is 0 Å². The highest BCUT2D eigenvalue weighted by Crippen LogP contribution is 2.36. The van der Waals surface area contributed by atoms with Gasteiger partial charge in [0.25, 0.3) is 0 Å². The van der Waals surface area contributed by atoms with E-state index in [0.717, 1.165) is 0 Å². The predicted octanol–water partition coefficient (Wildman–Crippen LogP) is 0.631. The summed E-state index contributed by atoms with van der Waals surface area (Å²) in [6, 6.07) is 0. The molecule has 3 atom stereocenters. The van der Waals surface area contributed by atoms with Gasteiger partial charge in [0.1, 0.15) is 0 Å². The van der Waals surface area contributed by atoms with Crippen LogP contribution in [0.2, 0.25) is 0 Å². The molecule has 58 valence electrons. The van der Waals surface area contributed by atoms with E-state index in [4.69, 9.17) is 10.6 Å². The van der Waals surface area contributed by atoms with Crippen LogP contribution in [0.1, 0.15) is 6.92 Å². The smallest absolute Gasteiger partial charge is 0.302 e. The van der Waals surface area contributed by atoms with E-state index in [1.54, 1.807) is 0 Å². The Bertz CT molecular complexity index is 147. The molecule has 0 aromatic rings. The molecule has 3 unspecified atom stereocenters. The van der Waals surface area contributed by atoms with Crippen molar-refractivity contribution in [2.45, 2.75) is 13.2 Å². The van der Waals surface area contributed by atoms with Crippen molar-refractivity contribution in [3.05, 3.63) is 0 Å². The molecular formula is C2H7NO5P2+2. The van der Waals surface area contributed by atoms with Crippen LogP contribution in [-0.2, 0) is 18.0 Å². The normalized spacial score (nSPS) is 16.3. The zero-order valence-electron chi connectivity index (χ0n) is 5.13. The summed E-state index contributed by atoms with van der Waals surface area (Å²) in [6.45, 7) is 1.42. The molecule has 0 spiro atoms. The molecule has 8 heteroatoms. The molecule has 0 radical (unpaired) electrons. The minimum atomic E-state index is -2.88. The second-order valence-corrected chi connectivity index (χ2v) is 3.14. The van der Waals surface area contributed by atoms with Gasteiger partial charge in [0.05, 0.1) is 0 Å². The first-order valence-corrected chi connectivity index (χ1v) is 4.48. The molecule has 0 aliphatic heterocycles. The quantitative estimate of drug-likeness (QED) is 0.494. The summed E-state index contributed by atoms with van der Waals surface area (Å²) in [5, 5.41) is 0. The van der Waals surface area contributed by atoms with Gasteiger partial charge in [-0.3, -0.25) is 0 Å². The summed E-state index contributed by atoms with van der Waals surface area (Å²) in [4.78, 5) is 8.02. The van der Waals surface area contributed by atoms with Gasteiger partial charge in [-0.25, -0.2) is 0 Å². The molecule has 0 aromatic carbocycles. The number of hydrogen-bond acceptors (Lipinski definition) is 5. The van der Waals surface area contributed by atoms with Gasteiger partial charge in [0, 0.05) is 9.13 Å².